The van der Waals surface area contributed by atoms with Gasteiger partial charge in [0.15, 0.2) is 11.5 Å². The second kappa shape index (κ2) is 7.23. The molecule has 0 saturated carbocycles. The predicted molar refractivity (Wildman–Crippen MR) is 102 cm³/mol. The second-order valence-electron chi connectivity index (χ2n) is 6.22. The fourth-order valence-corrected chi connectivity index (χ4v) is 3.19. The number of benzene rings is 2. The van der Waals surface area contributed by atoms with Crippen LogP contribution in [0.2, 0.25) is 0 Å². The summed E-state index contributed by atoms with van der Waals surface area (Å²) in [5.41, 5.74) is 2.87. The third-order valence-electron chi connectivity index (χ3n) is 4.38. The van der Waals surface area contributed by atoms with Crippen LogP contribution in [0.5, 0.6) is 17.2 Å². The number of hydrogen-bond acceptors (Lipinski definition) is 5. The molecule has 0 amide bonds. The maximum Gasteiger partial charge on any atom is 0.355 e. The SMILES string of the molecule is CCCOc1ccc2[nH]c(C(=O)OCC)c(-c3ccc4c(c3)OCO4)c2c1. The highest BCUT2D eigenvalue weighted by Crippen LogP contribution is 2.40. The van der Waals surface area contributed by atoms with Crippen LogP contribution in [-0.4, -0.2) is 31.0 Å². The van der Waals surface area contributed by atoms with E-state index in [9.17, 15) is 4.79 Å². The number of aromatic nitrogens is 1. The molecule has 1 aliphatic heterocycles. The predicted octanol–water partition coefficient (Wildman–Crippen LogP) is 4.53. The molecule has 0 unspecified atom stereocenters. The number of carbonyl (C=O) groups is 1. The smallest absolute Gasteiger partial charge is 0.355 e. The average Bonchev–Trinajstić information content (AvgIpc) is 3.29. The monoisotopic (exact) mass is 367 g/mol. The molecule has 27 heavy (non-hydrogen) atoms. The summed E-state index contributed by atoms with van der Waals surface area (Å²) in [6.45, 7) is 5.00. The van der Waals surface area contributed by atoms with Crippen LogP contribution >= 0.6 is 0 Å². The lowest BCUT2D eigenvalue weighted by Gasteiger charge is -2.08. The first-order chi connectivity index (χ1) is 13.2. The number of ether oxygens (including phenoxy) is 4. The van der Waals surface area contributed by atoms with Crippen molar-refractivity contribution in [2.75, 3.05) is 20.0 Å². The molecule has 0 radical (unpaired) electrons. The van der Waals surface area contributed by atoms with Gasteiger partial charge in [-0.15, -0.1) is 0 Å². The zero-order valence-electron chi connectivity index (χ0n) is 15.3. The Kier molecular flexibility index (Phi) is 4.62. The zero-order valence-corrected chi connectivity index (χ0v) is 15.3. The fraction of sp³-hybridized carbons (Fsp3) is 0.286. The first-order valence-electron chi connectivity index (χ1n) is 9.07. The van der Waals surface area contributed by atoms with Crippen molar-refractivity contribution in [3.8, 4) is 28.4 Å². The Morgan fingerprint density at radius 2 is 1.96 bits per heavy atom. The minimum Gasteiger partial charge on any atom is -0.494 e. The van der Waals surface area contributed by atoms with Crippen LogP contribution in [0.25, 0.3) is 22.0 Å². The minimum absolute atomic E-state index is 0.201. The molecule has 3 aromatic rings. The van der Waals surface area contributed by atoms with Crippen molar-refractivity contribution in [2.45, 2.75) is 20.3 Å². The standard InChI is InChI=1S/C21H21NO5/c1-3-9-25-14-6-7-16-15(11-14)19(20(22-16)21(23)24-4-2)13-5-8-17-18(10-13)27-12-26-17/h5-8,10-11,22H,3-4,9,12H2,1-2H3. The summed E-state index contributed by atoms with van der Waals surface area (Å²) in [5, 5.41) is 0.894. The fourth-order valence-electron chi connectivity index (χ4n) is 3.19. The number of nitrogens with one attached hydrogen (secondary N) is 1. The first kappa shape index (κ1) is 17.3. The van der Waals surface area contributed by atoms with E-state index in [-0.39, 0.29) is 6.79 Å². The van der Waals surface area contributed by atoms with Crippen LogP contribution in [0.3, 0.4) is 0 Å². The van der Waals surface area contributed by atoms with Crippen LogP contribution in [0.1, 0.15) is 30.8 Å². The molecular formula is C21H21NO5. The number of esters is 1. The number of carbonyl (C=O) groups excluding carboxylic acids is 1. The van der Waals surface area contributed by atoms with Crippen LogP contribution in [0.15, 0.2) is 36.4 Å². The van der Waals surface area contributed by atoms with E-state index in [0.29, 0.717) is 30.4 Å². The Hall–Kier alpha value is -3.15. The lowest BCUT2D eigenvalue weighted by atomic mass is 10.0. The summed E-state index contributed by atoms with van der Waals surface area (Å²) < 4.78 is 21.9. The van der Waals surface area contributed by atoms with Gasteiger partial charge >= 0.3 is 5.97 Å². The molecule has 6 nitrogen and oxygen atoms in total. The van der Waals surface area contributed by atoms with E-state index in [0.717, 1.165) is 34.2 Å². The van der Waals surface area contributed by atoms with Gasteiger partial charge in [0, 0.05) is 16.5 Å². The first-order valence-corrected chi connectivity index (χ1v) is 9.07. The van der Waals surface area contributed by atoms with Crippen molar-refractivity contribution in [3.05, 3.63) is 42.1 Å². The lowest BCUT2D eigenvalue weighted by Crippen LogP contribution is -2.06. The molecular weight excluding hydrogens is 346 g/mol. The van der Waals surface area contributed by atoms with E-state index in [1.54, 1.807) is 6.92 Å². The van der Waals surface area contributed by atoms with Crippen molar-refractivity contribution in [2.24, 2.45) is 0 Å². The normalized spacial score (nSPS) is 12.4. The van der Waals surface area contributed by atoms with Crippen LogP contribution in [0, 0.1) is 0 Å². The molecule has 1 N–H and O–H groups in total. The Morgan fingerprint density at radius 3 is 2.78 bits per heavy atom. The molecule has 6 heteroatoms. The Labute approximate surface area is 157 Å². The number of H-pyrrole nitrogens is 1. The summed E-state index contributed by atoms with van der Waals surface area (Å²) in [6.07, 6.45) is 0.925. The van der Waals surface area contributed by atoms with Gasteiger partial charge in [0.2, 0.25) is 6.79 Å². The summed E-state index contributed by atoms with van der Waals surface area (Å²) in [5.74, 6) is 1.73. The number of hydrogen-bond donors (Lipinski definition) is 1. The third kappa shape index (κ3) is 3.18. The van der Waals surface area contributed by atoms with E-state index in [1.165, 1.54) is 0 Å². The van der Waals surface area contributed by atoms with Crippen molar-refractivity contribution in [1.82, 2.24) is 4.98 Å². The van der Waals surface area contributed by atoms with Crippen molar-refractivity contribution >= 4 is 16.9 Å². The maximum atomic E-state index is 12.6. The van der Waals surface area contributed by atoms with Crippen LogP contribution in [-0.2, 0) is 4.74 Å². The van der Waals surface area contributed by atoms with E-state index in [2.05, 4.69) is 11.9 Å². The summed E-state index contributed by atoms with van der Waals surface area (Å²) in [6, 6.07) is 11.4. The Balaban J connectivity index is 1.88. The maximum absolute atomic E-state index is 12.6. The molecule has 1 aromatic heterocycles. The second-order valence-corrected chi connectivity index (χ2v) is 6.22. The molecule has 2 heterocycles. The molecule has 2 aromatic carbocycles. The van der Waals surface area contributed by atoms with Crippen molar-refractivity contribution < 1.29 is 23.7 Å². The number of fused-ring (bicyclic) bond motifs is 2. The average molecular weight is 367 g/mol. The Bertz CT molecular complexity index is 992. The summed E-state index contributed by atoms with van der Waals surface area (Å²) in [7, 11) is 0. The van der Waals surface area contributed by atoms with E-state index >= 15 is 0 Å². The Morgan fingerprint density at radius 1 is 1.11 bits per heavy atom. The molecule has 140 valence electrons. The van der Waals surface area contributed by atoms with Gasteiger partial charge in [0.1, 0.15) is 11.4 Å². The highest BCUT2D eigenvalue weighted by atomic mass is 16.7. The molecule has 4 rings (SSSR count). The zero-order chi connectivity index (χ0) is 18.8. The van der Waals surface area contributed by atoms with Crippen molar-refractivity contribution in [3.63, 3.8) is 0 Å². The number of aromatic amines is 1. The lowest BCUT2D eigenvalue weighted by molar-refractivity contribution is 0.0521. The molecule has 0 aliphatic carbocycles. The van der Waals surface area contributed by atoms with Gasteiger partial charge in [0.25, 0.3) is 0 Å². The molecule has 0 atom stereocenters. The third-order valence-corrected chi connectivity index (χ3v) is 4.38. The highest BCUT2D eigenvalue weighted by molar-refractivity contribution is 6.08. The molecule has 0 saturated heterocycles. The van der Waals surface area contributed by atoms with E-state index in [1.807, 2.05) is 36.4 Å². The van der Waals surface area contributed by atoms with Crippen molar-refractivity contribution in [1.29, 1.82) is 0 Å². The van der Waals surface area contributed by atoms with Gasteiger partial charge in [-0.1, -0.05) is 13.0 Å². The largest absolute Gasteiger partial charge is 0.494 e. The van der Waals surface area contributed by atoms with E-state index in [4.69, 9.17) is 18.9 Å². The molecule has 0 fully saturated rings. The van der Waals surface area contributed by atoms with E-state index < -0.39 is 5.97 Å². The molecule has 0 spiro atoms. The van der Waals surface area contributed by atoms with Gasteiger partial charge < -0.3 is 23.9 Å². The minimum atomic E-state index is -0.391. The van der Waals surface area contributed by atoms with Gasteiger partial charge in [-0.25, -0.2) is 4.79 Å². The van der Waals surface area contributed by atoms with Crippen LogP contribution < -0.4 is 14.2 Å². The van der Waals surface area contributed by atoms with Gasteiger partial charge in [0.05, 0.1) is 13.2 Å². The summed E-state index contributed by atoms with van der Waals surface area (Å²) >= 11 is 0. The summed E-state index contributed by atoms with van der Waals surface area (Å²) in [4.78, 5) is 15.8. The molecule has 0 bridgehead atoms. The van der Waals surface area contributed by atoms with Crippen LogP contribution in [0.4, 0.5) is 0 Å². The number of rotatable bonds is 6. The van der Waals surface area contributed by atoms with Gasteiger partial charge in [-0.2, -0.15) is 0 Å². The topological polar surface area (TPSA) is 69.8 Å². The highest BCUT2D eigenvalue weighted by Gasteiger charge is 2.23. The van der Waals surface area contributed by atoms with Gasteiger partial charge in [-0.3, -0.25) is 0 Å². The quantitative estimate of drug-likeness (QED) is 0.648. The van der Waals surface area contributed by atoms with Gasteiger partial charge in [-0.05, 0) is 49.2 Å². The molecule has 1 aliphatic rings.